The van der Waals surface area contributed by atoms with Gasteiger partial charge in [-0.2, -0.15) is 0 Å². The number of hydrogen-bond donors (Lipinski definition) is 3. The number of nitrogens with one attached hydrogen (secondary N) is 2. The minimum absolute atomic E-state index is 0.0543. The van der Waals surface area contributed by atoms with E-state index in [4.69, 9.17) is 5.73 Å². The summed E-state index contributed by atoms with van der Waals surface area (Å²) in [4.78, 5) is 12.2. The molecule has 128 valence electrons. The highest BCUT2D eigenvalue weighted by atomic mass is 32.2. The molecule has 0 atom stereocenters. The SMILES string of the molecule is NCCNS(=O)(=O)c1cccc(NC(=O)CC2CCCCC2)c1. The predicted molar refractivity (Wildman–Crippen MR) is 90.5 cm³/mol. The molecule has 1 fully saturated rings. The molecule has 0 aliphatic heterocycles. The highest BCUT2D eigenvalue weighted by molar-refractivity contribution is 7.89. The smallest absolute Gasteiger partial charge is 0.240 e. The summed E-state index contributed by atoms with van der Waals surface area (Å²) < 4.78 is 26.5. The zero-order chi connectivity index (χ0) is 16.7. The summed E-state index contributed by atoms with van der Waals surface area (Å²) in [6.07, 6.45) is 6.35. The molecule has 7 heteroatoms. The van der Waals surface area contributed by atoms with Gasteiger partial charge in [-0.15, -0.1) is 0 Å². The van der Waals surface area contributed by atoms with Crippen LogP contribution in [0, 0.1) is 5.92 Å². The lowest BCUT2D eigenvalue weighted by molar-refractivity contribution is -0.117. The van der Waals surface area contributed by atoms with E-state index in [9.17, 15) is 13.2 Å². The second kappa shape index (κ2) is 8.42. The minimum atomic E-state index is -3.59. The summed E-state index contributed by atoms with van der Waals surface area (Å²) in [6.45, 7) is 0.414. The van der Waals surface area contributed by atoms with Crippen LogP contribution >= 0.6 is 0 Å². The van der Waals surface area contributed by atoms with Crippen molar-refractivity contribution < 1.29 is 13.2 Å². The first-order valence-electron chi connectivity index (χ1n) is 8.11. The van der Waals surface area contributed by atoms with E-state index in [1.54, 1.807) is 12.1 Å². The summed E-state index contributed by atoms with van der Waals surface area (Å²) in [5.41, 5.74) is 5.82. The number of benzene rings is 1. The molecule has 0 unspecified atom stereocenters. The van der Waals surface area contributed by atoms with Gasteiger partial charge >= 0.3 is 0 Å². The van der Waals surface area contributed by atoms with Crippen molar-refractivity contribution in [2.24, 2.45) is 11.7 Å². The standard InChI is InChI=1S/C16H25N3O3S/c17-9-10-18-23(21,22)15-8-4-7-14(12-15)19-16(20)11-13-5-2-1-3-6-13/h4,7-8,12-13,18H,1-3,5-6,9-11,17H2,(H,19,20). The summed E-state index contributed by atoms with van der Waals surface area (Å²) in [7, 11) is -3.59. The Morgan fingerprint density at radius 2 is 1.96 bits per heavy atom. The second-order valence-electron chi connectivity index (χ2n) is 5.97. The number of anilines is 1. The summed E-state index contributed by atoms with van der Waals surface area (Å²) in [5.74, 6) is 0.392. The van der Waals surface area contributed by atoms with Crippen molar-refractivity contribution in [1.82, 2.24) is 4.72 Å². The normalized spacial score (nSPS) is 16.2. The molecule has 1 aromatic rings. The Morgan fingerprint density at radius 1 is 1.22 bits per heavy atom. The van der Waals surface area contributed by atoms with Gasteiger partial charge in [0.05, 0.1) is 4.90 Å². The van der Waals surface area contributed by atoms with Crippen LogP contribution in [0.1, 0.15) is 38.5 Å². The van der Waals surface area contributed by atoms with Crippen LogP contribution in [0.2, 0.25) is 0 Å². The van der Waals surface area contributed by atoms with Gasteiger partial charge < -0.3 is 11.1 Å². The maximum absolute atomic E-state index is 12.1. The van der Waals surface area contributed by atoms with E-state index in [2.05, 4.69) is 10.0 Å². The fraction of sp³-hybridized carbons (Fsp3) is 0.562. The van der Waals surface area contributed by atoms with Gasteiger partial charge in [0.15, 0.2) is 0 Å². The van der Waals surface area contributed by atoms with E-state index in [0.29, 0.717) is 18.0 Å². The van der Waals surface area contributed by atoms with E-state index in [1.165, 1.54) is 31.4 Å². The topological polar surface area (TPSA) is 101 Å². The van der Waals surface area contributed by atoms with Crippen LogP contribution in [0.3, 0.4) is 0 Å². The molecule has 6 nitrogen and oxygen atoms in total. The number of sulfonamides is 1. The quantitative estimate of drug-likeness (QED) is 0.705. The van der Waals surface area contributed by atoms with E-state index < -0.39 is 10.0 Å². The van der Waals surface area contributed by atoms with Crippen LogP contribution < -0.4 is 15.8 Å². The molecule has 0 bridgehead atoms. The number of amides is 1. The van der Waals surface area contributed by atoms with Gasteiger partial charge in [-0.3, -0.25) is 4.79 Å². The average Bonchev–Trinajstić information content (AvgIpc) is 2.54. The van der Waals surface area contributed by atoms with Crippen molar-refractivity contribution in [3.05, 3.63) is 24.3 Å². The van der Waals surface area contributed by atoms with E-state index in [-0.39, 0.29) is 23.9 Å². The Bertz CT molecular complexity index is 625. The van der Waals surface area contributed by atoms with E-state index in [1.807, 2.05) is 0 Å². The second-order valence-corrected chi connectivity index (χ2v) is 7.74. The molecule has 1 aliphatic rings. The molecule has 0 saturated heterocycles. The van der Waals surface area contributed by atoms with Gasteiger partial charge in [-0.25, -0.2) is 13.1 Å². The lowest BCUT2D eigenvalue weighted by atomic mass is 9.87. The largest absolute Gasteiger partial charge is 0.329 e. The maximum atomic E-state index is 12.1. The molecule has 1 amide bonds. The highest BCUT2D eigenvalue weighted by Gasteiger charge is 2.18. The highest BCUT2D eigenvalue weighted by Crippen LogP contribution is 2.26. The number of rotatable bonds is 7. The summed E-state index contributed by atoms with van der Waals surface area (Å²) in [5, 5.41) is 2.80. The third kappa shape index (κ3) is 5.60. The summed E-state index contributed by atoms with van der Waals surface area (Å²) >= 11 is 0. The molecular weight excluding hydrogens is 314 g/mol. The Hall–Kier alpha value is -1.44. The monoisotopic (exact) mass is 339 g/mol. The molecule has 0 spiro atoms. The zero-order valence-corrected chi connectivity index (χ0v) is 14.1. The Morgan fingerprint density at radius 3 is 2.65 bits per heavy atom. The van der Waals surface area contributed by atoms with Crippen LogP contribution in [-0.2, 0) is 14.8 Å². The molecule has 1 aromatic carbocycles. The lowest BCUT2D eigenvalue weighted by Crippen LogP contribution is -2.29. The third-order valence-electron chi connectivity index (χ3n) is 4.06. The minimum Gasteiger partial charge on any atom is -0.329 e. The van der Waals surface area contributed by atoms with Gasteiger partial charge in [-0.05, 0) is 37.0 Å². The number of hydrogen-bond acceptors (Lipinski definition) is 4. The van der Waals surface area contributed by atoms with Gasteiger partial charge in [0, 0.05) is 25.2 Å². The molecule has 2 rings (SSSR count). The lowest BCUT2D eigenvalue weighted by Gasteiger charge is -2.20. The van der Waals surface area contributed by atoms with Crippen LogP contribution in [0.4, 0.5) is 5.69 Å². The number of nitrogens with two attached hydrogens (primary N) is 1. The van der Waals surface area contributed by atoms with Crippen molar-refractivity contribution in [3.63, 3.8) is 0 Å². The Balaban J connectivity index is 1.97. The fourth-order valence-corrected chi connectivity index (χ4v) is 3.98. The van der Waals surface area contributed by atoms with Crippen LogP contribution in [0.25, 0.3) is 0 Å². The van der Waals surface area contributed by atoms with E-state index in [0.717, 1.165) is 12.8 Å². The van der Waals surface area contributed by atoms with Gasteiger partial charge in [0.25, 0.3) is 0 Å². The van der Waals surface area contributed by atoms with Crippen LogP contribution in [0.15, 0.2) is 29.2 Å². The number of carbonyl (C=O) groups excluding carboxylic acids is 1. The van der Waals surface area contributed by atoms with Crippen LogP contribution in [-0.4, -0.2) is 27.4 Å². The molecule has 23 heavy (non-hydrogen) atoms. The molecular formula is C16H25N3O3S. The third-order valence-corrected chi connectivity index (χ3v) is 5.52. The zero-order valence-electron chi connectivity index (χ0n) is 13.3. The first kappa shape index (κ1) is 17.9. The molecule has 1 saturated carbocycles. The van der Waals surface area contributed by atoms with Gasteiger partial charge in [0.2, 0.25) is 15.9 Å². The molecule has 1 aliphatic carbocycles. The molecule has 0 heterocycles. The maximum Gasteiger partial charge on any atom is 0.240 e. The first-order valence-corrected chi connectivity index (χ1v) is 9.59. The predicted octanol–water partition coefficient (Wildman–Crippen LogP) is 1.83. The molecule has 4 N–H and O–H groups in total. The van der Waals surface area contributed by atoms with E-state index >= 15 is 0 Å². The molecule has 0 radical (unpaired) electrons. The van der Waals surface area contributed by atoms with Gasteiger partial charge in [-0.1, -0.05) is 25.3 Å². The first-order chi connectivity index (χ1) is 11.0. The average molecular weight is 339 g/mol. The van der Waals surface area contributed by atoms with Crippen molar-refractivity contribution >= 4 is 21.6 Å². The van der Waals surface area contributed by atoms with Crippen molar-refractivity contribution in [2.75, 3.05) is 18.4 Å². The Labute approximate surface area is 137 Å². The fourth-order valence-electron chi connectivity index (χ4n) is 2.88. The Kier molecular flexibility index (Phi) is 6.56. The number of carbonyl (C=O) groups is 1. The molecule has 0 aromatic heterocycles. The summed E-state index contributed by atoms with van der Waals surface area (Å²) in [6, 6.07) is 6.28. The van der Waals surface area contributed by atoms with Crippen molar-refractivity contribution in [1.29, 1.82) is 0 Å². The van der Waals surface area contributed by atoms with Crippen molar-refractivity contribution in [3.8, 4) is 0 Å². The van der Waals surface area contributed by atoms with Crippen LogP contribution in [0.5, 0.6) is 0 Å². The van der Waals surface area contributed by atoms with Crippen molar-refractivity contribution in [2.45, 2.75) is 43.4 Å². The van der Waals surface area contributed by atoms with Gasteiger partial charge in [0.1, 0.15) is 0 Å².